The summed E-state index contributed by atoms with van der Waals surface area (Å²) in [6, 6.07) is 0. The van der Waals surface area contributed by atoms with Gasteiger partial charge in [0.1, 0.15) is 0 Å². The molecule has 0 aliphatic carbocycles. The van der Waals surface area contributed by atoms with Gasteiger partial charge in [0, 0.05) is 0 Å². The van der Waals surface area contributed by atoms with Crippen LogP contribution in [-0.2, 0) is 3.74 Å². The Morgan fingerprint density at radius 2 is 1.17 bits per heavy atom. The van der Waals surface area contributed by atoms with Gasteiger partial charge in [-0.1, -0.05) is 0 Å². The van der Waals surface area contributed by atoms with Gasteiger partial charge in [0.25, 0.3) is 0 Å². The zero-order chi connectivity index (χ0) is 4.50. The third-order valence-electron chi connectivity index (χ3n) is 0. The van der Waals surface area contributed by atoms with Crippen molar-refractivity contribution >= 4 is 25.5 Å². The first-order valence-electron chi connectivity index (χ1n) is 0.783. The standard InChI is InChI=1S/AsH3O4.H4Si/c2-1(3,4)5;/h(H3,2,3,4,5);1H4. The van der Waals surface area contributed by atoms with E-state index < -0.39 is 14.5 Å². The zero-order valence-corrected chi connectivity index (χ0v) is 4.07. The largest absolute Gasteiger partial charge is 0.0149 e. The molecule has 4 nitrogen and oxygen atoms in total. The number of rotatable bonds is 0. The van der Waals surface area contributed by atoms with Crippen molar-refractivity contribution in [3.05, 3.63) is 0 Å². The van der Waals surface area contributed by atoms with Gasteiger partial charge in [-0.05, 0) is 11.0 Å². The molecule has 0 saturated heterocycles. The summed E-state index contributed by atoms with van der Waals surface area (Å²) in [5.74, 6) is 0. The SMILES string of the molecule is O=[As](O)(O)O.[SiH4]. The van der Waals surface area contributed by atoms with E-state index in [2.05, 4.69) is 0 Å². The van der Waals surface area contributed by atoms with Gasteiger partial charge in [-0.2, -0.15) is 0 Å². The summed E-state index contributed by atoms with van der Waals surface area (Å²) in [7, 11) is 0. The first kappa shape index (κ1) is 9.68. The minimum absolute atomic E-state index is 0. The van der Waals surface area contributed by atoms with Gasteiger partial charge in [0.15, 0.2) is 0 Å². The predicted molar refractivity (Wildman–Crippen MR) is 24.4 cm³/mol. The molecular formula is H7AsO4Si. The van der Waals surface area contributed by atoms with Crippen LogP contribution in [0.3, 0.4) is 0 Å². The van der Waals surface area contributed by atoms with Crippen molar-refractivity contribution in [2.45, 2.75) is 0 Å². The Kier molecular flexibility index (Phi) is 4.19. The second kappa shape index (κ2) is 2.60. The average Bonchev–Trinajstić information content (AvgIpc) is 0.722. The maximum atomic E-state index is 8.94. The molecule has 0 aromatic rings. The van der Waals surface area contributed by atoms with Crippen molar-refractivity contribution in [1.82, 2.24) is 0 Å². The van der Waals surface area contributed by atoms with Crippen LogP contribution in [-0.4, -0.2) is 37.8 Å². The van der Waals surface area contributed by atoms with Gasteiger partial charge in [-0.25, -0.2) is 0 Å². The van der Waals surface area contributed by atoms with E-state index >= 15 is 0 Å². The molecule has 0 bridgehead atoms. The molecule has 0 amide bonds. The average molecular weight is 174 g/mol. The third-order valence-corrected chi connectivity index (χ3v) is 0. The van der Waals surface area contributed by atoms with Crippen LogP contribution >= 0.6 is 0 Å². The minimum Gasteiger partial charge on any atom is -0.0149 e. The summed E-state index contributed by atoms with van der Waals surface area (Å²) >= 11 is -5.12. The molecule has 0 aliphatic rings. The van der Waals surface area contributed by atoms with E-state index in [9.17, 15) is 0 Å². The molecule has 0 aromatic carbocycles. The molecule has 0 atom stereocenters. The van der Waals surface area contributed by atoms with E-state index in [4.69, 9.17) is 16.0 Å². The molecule has 0 radical (unpaired) electrons. The number of hydrogen-bond donors (Lipinski definition) is 3. The molecule has 0 aromatic heterocycles. The molecule has 0 unspecified atom stereocenters. The van der Waals surface area contributed by atoms with E-state index in [1.165, 1.54) is 0 Å². The maximum absolute atomic E-state index is 8.94. The van der Waals surface area contributed by atoms with Crippen LogP contribution in [0.4, 0.5) is 0 Å². The first-order chi connectivity index (χ1) is 2.00. The molecule has 0 rings (SSSR count). The van der Waals surface area contributed by atoms with Crippen LogP contribution < -0.4 is 0 Å². The fourth-order valence-electron chi connectivity index (χ4n) is 0. The molecule has 0 heterocycles. The fourth-order valence-corrected chi connectivity index (χ4v) is 0. The van der Waals surface area contributed by atoms with Gasteiger partial charge in [-0.3, -0.25) is 0 Å². The van der Waals surface area contributed by atoms with Crippen LogP contribution in [0.25, 0.3) is 0 Å². The molecule has 6 heavy (non-hydrogen) atoms. The van der Waals surface area contributed by atoms with Crippen molar-refractivity contribution in [2.24, 2.45) is 0 Å². The van der Waals surface area contributed by atoms with Crippen LogP contribution in [0.5, 0.6) is 0 Å². The molecule has 0 fully saturated rings. The molecule has 0 aliphatic heterocycles. The Morgan fingerprint density at radius 1 is 1.17 bits per heavy atom. The van der Waals surface area contributed by atoms with Crippen molar-refractivity contribution in [3.63, 3.8) is 0 Å². The summed E-state index contributed by atoms with van der Waals surface area (Å²) in [4.78, 5) is 0. The number of hydrogen-bond acceptors (Lipinski definition) is 1. The van der Waals surface area contributed by atoms with Crippen molar-refractivity contribution in [3.8, 4) is 0 Å². The van der Waals surface area contributed by atoms with Gasteiger partial charge < -0.3 is 0 Å². The van der Waals surface area contributed by atoms with E-state index in [0.717, 1.165) is 0 Å². The van der Waals surface area contributed by atoms with E-state index in [1.807, 2.05) is 0 Å². The zero-order valence-electron chi connectivity index (χ0n) is 2.20. The Bertz CT molecular complexity index is 53.7. The van der Waals surface area contributed by atoms with E-state index in [-0.39, 0.29) is 11.0 Å². The minimum atomic E-state index is -5.12. The van der Waals surface area contributed by atoms with Crippen LogP contribution in [0.2, 0.25) is 0 Å². The van der Waals surface area contributed by atoms with Gasteiger partial charge in [0.05, 0.1) is 0 Å². The summed E-state index contributed by atoms with van der Waals surface area (Å²) in [5.41, 5.74) is 0. The Hall–Kier alpha value is 0.455. The topological polar surface area (TPSA) is 77.8 Å². The third kappa shape index (κ3) is 257. The smallest absolute Gasteiger partial charge is 0.0149 e. The molecule has 6 heteroatoms. The Morgan fingerprint density at radius 3 is 1.17 bits per heavy atom. The fraction of sp³-hybridized carbons (Fsp3) is 0. The first-order valence-corrected chi connectivity index (χ1v) is 4.07. The monoisotopic (exact) mass is 174 g/mol. The molecule has 0 spiro atoms. The normalized spacial score (nSPS) is 9.83. The second-order valence-electron chi connectivity index (χ2n) is 0.513. The second-order valence-corrected chi connectivity index (χ2v) is 2.67. The molecule has 3 N–H and O–H groups in total. The molecule has 0 saturated carbocycles. The van der Waals surface area contributed by atoms with E-state index in [0.29, 0.717) is 0 Å². The van der Waals surface area contributed by atoms with Crippen molar-refractivity contribution in [1.29, 1.82) is 0 Å². The van der Waals surface area contributed by atoms with Gasteiger partial charge >= 0.3 is 30.5 Å². The summed E-state index contributed by atoms with van der Waals surface area (Å²) in [6.07, 6.45) is 0. The van der Waals surface area contributed by atoms with Gasteiger partial charge in [0.2, 0.25) is 0 Å². The summed E-state index contributed by atoms with van der Waals surface area (Å²) in [5, 5.41) is 0. The Balaban J connectivity index is 0. The molecule has 40 valence electrons. The maximum Gasteiger partial charge on any atom is -0.0149 e. The Labute approximate surface area is 42.2 Å². The van der Waals surface area contributed by atoms with Crippen molar-refractivity contribution in [2.75, 3.05) is 0 Å². The van der Waals surface area contributed by atoms with Crippen LogP contribution in [0.1, 0.15) is 0 Å². The summed E-state index contributed by atoms with van der Waals surface area (Å²) in [6.45, 7) is 0. The van der Waals surface area contributed by atoms with Crippen LogP contribution in [0.15, 0.2) is 0 Å². The van der Waals surface area contributed by atoms with Gasteiger partial charge in [-0.15, -0.1) is 0 Å². The van der Waals surface area contributed by atoms with Crippen molar-refractivity contribution < 1.29 is 16.0 Å². The predicted octanol–water partition coefficient (Wildman–Crippen LogP) is -3.62. The summed E-state index contributed by atoms with van der Waals surface area (Å²) < 4.78 is 30.7. The molecular weight excluding hydrogens is 167 g/mol. The quantitative estimate of drug-likeness (QED) is 0.331. The van der Waals surface area contributed by atoms with Crippen LogP contribution in [0, 0.1) is 0 Å². The van der Waals surface area contributed by atoms with E-state index in [1.54, 1.807) is 0 Å².